The van der Waals surface area contributed by atoms with Gasteiger partial charge in [-0.05, 0) is 38.0 Å². The fourth-order valence-electron chi connectivity index (χ4n) is 1.86. The number of ether oxygens (including phenoxy) is 3. The number of hydrogen-bond donors (Lipinski definition) is 2. The Balaban J connectivity index is 2.57. The third-order valence-corrected chi connectivity index (χ3v) is 3.02. The van der Waals surface area contributed by atoms with Crippen molar-refractivity contribution in [1.29, 1.82) is 0 Å². The molecule has 2 N–H and O–H groups in total. The number of benzene rings is 1. The molecule has 1 rings (SSSR count). The first-order valence-corrected chi connectivity index (χ1v) is 8.32. The van der Waals surface area contributed by atoms with Gasteiger partial charge < -0.3 is 19.5 Å². The van der Waals surface area contributed by atoms with E-state index in [0.717, 1.165) is 0 Å². The maximum Gasteiger partial charge on any atom is 0.338 e. The molecule has 8 heteroatoms. The van der Waals surface area contributed by atoms with Gasteiger partial charge in [-0.1, -0.05) is 13.8 Å². The summed E-state index contributed by atoms with van der Waals surface area (Å²) < 4.78 is 15.7. The third-order valence-electron chi connectivity index (χ3n) is 3.02. The van der Waals surface area contributed by atoms with E-state index in [0.29, 0.717) is 18.0 Å². The maximum absolute atomic E-state index is 12.1. The number of nitrogens with one attached hydrogen (secondary N) is 2. The Hall–Kier alpha value is -2.77. The van der Waals surface area contributed by atoms with Crippen LogP contribution in [-0.2, 0) is 9.53 Å². The fraction of sp³-hybridized carbons (Fsp3) is 0.500. The quantitative estimate of drug-likeness (QED) is 0.683. The summed E-state index contributed by atoms with van der Waals surface area (Å²) in [4.78, 5) is 35.2. The van der Waals surface area contributed by atoms with Gasteiger partial charge in [-0.15, -0.1) is 0 Å². The lowest BCUT2D eigenvalue weighted by Gasteiger charge is -2.14. The van der Waals surface area contributed by atoms with Gasteiger partial charge in [-0.25, -0.2) is 9.59 Å². The summed E-state index contributed by atoms with van der Waals surface area (Å²) in [7, 11) is 1.46. The number of methoxy groups -OCH3 is 1. The van der Waals surface area contributed by atoms with Crippen molar-refractivity contribution in [2.24, 2.45) is 5.92 Å². The Kier molecular flexibility index (Phi) is 8.41. The second-order valence-corrected chi connectivity index (χ2v) is 6.26. The van der Waals surface area contributed by atoms with Crippen molar-refractivity contribution in [3.63, 3.8) is 0 Å². The molecule has 0 saturated heterocycles. The van der Waals surface area contributed by atoms with Crippen molar-refractivity contribution in [3.8, 4) is 11.5 Å². The van der Waals surface area contributed by atoms with Gasteiger partial charge >= 0.3 is 12.0 Å². The van der Waals surface area contributed by atoms with Crippen molar-refractivity contribution < 1.29 is 28.6 Å². The molecule has 3 amide bonds. The molecule has 0 aromatic heterocycles. The standard InChI is InChI=1S/C18H26N2O6/c1-11(2)9-19-18(23)20-16(21)10-25-17(22)13-6-7-14(26-12(3)4)15(8-13)24-5/h6-8,11-12H,9-10H2,1-5H3,(H2,19,20,21,23). The lowest BCUT2D eigenvalue weighted by molar-refractivity contribution is -0.123. The van der Waals surface area contributed by atoms with Crippen LogP contribution in [0.2, 0.25) is 0 Å². The number of amides is 3. The first-order chi connectivity index (χ1) is 12.2. The molecule has 0 saturated carbocycles. The zero-order chi connectivity index (χ0) is 19.7. The Morgan fingerprint density at radius 1 is 1.08 bits per heavy atom. The average molecular weight is 366 g/mol. The van der Waals surface area contributed by atoms with E-state index < -0.39 is 24.5 Å². The van der Waals surface area contributed by atoms with Gasteiger partial charge in [0, 0.05) is 6.54 Å². The molecule has 0 aliphatic heterocycles. The van der Waals surface area contributed by atoms with E-state index >= 15 is 0 Å². The highest BCUT2D eigenvalue weighted by Gasteiger charge is 2.15. The Morgan fingerprint density at radius 3 is 2.35 bits per heavy atom. The average Bonchev–Trinajstić information content (AvgIpc) is 2.57. The van der Waals surface area contributed by atoms with Gasteiger partial charge in [-0.2, -0.15) is 0 Å². The molecule has 0 aliphatic carbocycles. The largest absolute Gasteiger partial charge is 0.493 e. The highest BCUT2D eigenvalue weighted by Crippen LogP contribution is 2.29. The first kappa shape index (κ1) is 21.3. The molecule has 0 radical (unpaired) electrons. The molecule has 26 heavy (non-hydrogen) atoms. The van der Waals surface area contributed by atoms with Crippen LogP contribution in [-0.4, -0.2) is 44.3 Å². The summed E-state index contributed by atoms with van der Waals surface area (Å²) in [5.74, 6) is -0.293. The zero-order valence-corrected chi connectivity index (χ0v) is 15.8. The van der Waals surface area contributed by atoms with Crippen molar-refractivity contribution in [2.75, 3.05) is 20.3 Å². The maximum atomic E-state index is 12.1. The SMILES string of the molecule is COc1cc(C(=O)OCC(=O)NC(=O)NCC(C)C)ccc1OC(C)C. The van der Waals surface area contributed by atoms with Crippen LogP contribution in [0.4, 0.5) is 4.79 Å². The van der Waals surface area contributed by atoms with Crippen LogP contribution in [0.15, 0.2) is 18.2 Å². The summed E-state index contributed by atoms with van der Waals surface area (Å²) in [6.45, 7) is 7.46. The Bertz CT molecular complexity index is 643. The van der Waals surface area contributed by atoms with Gasteiger partial charge in [0.15, 0.2) is 18.1 Å². The first-order valence-electron chi connectivity index (χ1n) is 8.32. The van der Waals surface area contributed by atoms with Crippen LogP contribution in [0, 0.1) is 5.92 Å². The monoisotopic (exact) mass is 366 g/mol. The third kappa shape index (κ3) is 7.42. The molecule has 8 nitrogen and oxygen atoms in total. The molecular weight excluding hydrogens is 340 g/mol. The Morgan fingerprint density at radius 2 is 1.77 bits per heavy atom. The number of hydrogen-bond acceptors (Lipinski definition) is 6. The summed E-state index contributed by atoms with van der Waals surface area (Å²) in [5.41, 5.74) is 0.204. The van der Waals surface area contributed by atoms with Crippen molar-refractivity contribution in [2.45, 2.75) is 33.8 Å². The molecule has 0 aliphatic rings. The summed E-state index contributed by atoms with van der Waals surface area (Å²) in [6, 6.07) is 3.94. The molecule has 0 fully saturated rings. The van der Waals surface area contributed by atoms with E-state index in [4.69, 9.17) is 14.2 Å². The molecule has 1 aromatic carbocycles. The van der Waals surface area contributed by atoms with Crippen molar-refractivity contribution >= 4 is 17.9 Å². The predicted molar refractivity (Wildman–Crippen MR) is 95.4 cm³/mol. The molecule has 0 unspecified atom stereocenters. The molecule has 0 atom stereocenters. The second-order valence-electron chi connectivity index (χ2n) is 6.26. The van der Waals surface area contributed by atoms with E-state index in [1.54, 1.807) is 6.07 Å². The van der Waals surface area contributed by atoms with Gasteiger partial charge in [-0.3, -0.25) is 10.1 Å². The number of esters is 1. The normalized spacial score (nSPS) is 10.4. The van der Waals surface area contributed by atoms with Gasteiger partial charge in [0.05, 0.1) is 18.8 Å². The highest BCUT2D eigenvalue weighted by atomic mass is 16.5. The summed E-state index contributed by atoms with van der Waals surface area (Å²) in [6.07, 6.45) is -0.0489. The molecule has 1 aromatic rings. The molecule has 144 valence electrons. The smallest absolute Gasteiger partial charge is 0.338 e. The minimum absolute atomic E-state index is 0.0489. The number of urea groups is 1. The van der Waals surface area contributed by atoms with Crippen LogP contribution in [0.25, 0.3) is 0 Å². The minimum atomic E-state index is -0.716. The van der Waals surface area contributed by atoms with Crippen molar-refractivity contribution in [1.82, 2.24) is 10.6 Å². The van der Waals surface area contributed by atoms with Crippen LogP contribution >= 0.6 is 0 Å². The molecule has 0 spiro atoms. The zero-order valence-electron chi connectivity index (χ0n) is 15.8. The van der Waals surface area contributed by atoms with E-state index in [2.05, 4.69) is 10.6 Å². The van der Waals surface area contributed by atoms with Crippen LogP contribution < -0.4 is 20.1 Å². The van der Waals surface area contributed by atoms with Gasteiger partial charge in [0.2, 0.25) is 0 Å². The lowest BCUT2D eigenvalue weighted by atomic mass is 10.2. The topological polar surface area (TPSA) is 103 Å². The van der Waals surface area contributed by atoms with Gasteiger partial charge in [0.1, 0.15) is 0 Å². The molecule has 0 bridgehead atoms. The molecular formula is C18H26N2O6. The number of imide groups is 1. The molecule has 0 heterocycles. The van der Waals surface area contributed by atoms with Crippen LogP contribution in [0.5, 0.6) is 11.5 Å². The van der Waals surface area contributed by atoms with E-state index in [1.807, 2.05) is 27.7 Å². The van der Waals surface area contributed by atoms with E-state index in [1.165, 1.54) is 19.2 Å². The van der Waals surface area contributed by atoms with E-state index in [9.17, 15) is 14.4 Å². The van der Waals surface area contributed by atoms with Crippen LogP contribution in [0.3, 0.4) is 0 Å². The number of carbonyl (C=O) groups excluding carboxylic acids is 3. The summed E-state index contributed by atoms with van der Waals surface area (Å²) >= 11 is 0. The summed E-state index contributed by atoms with van der Waals surface area (Å²) in [5, 5.41) is 4.61. The fourth-order valence-corrected chi connectivity index (χ4v) is 1.86. The minimum Gasteiger partial charge on any atom is -0.493 e. The van der Waals surface area contributed by atoms with Gasteiger partial charge in [0.25, 0.3) is 5.91 Å². The Labute approximate surface area is 153 Å². The predicted octanol–water partition coefficient (Wildman–Crippen LogP) is 2.12. The lowest BCUT2D eigenvalue weighted by Crippen LogP contribution is -2.42. The van der Waals surface area contributed by atoms with Crippen LogP contribution in [0.1, 0.15) is 38.1 Å². The van der Waals surface area contributed by atoms with E-state index in [-0.39, 0.29) is 17.6 Å². The van der Waals surface area contributed by atoms with Crippen molar-refractivity contribution in [3.05, 3.63) is 23.8 Å². The number of carbonyl (C=O) groups is 3. The second kappa shape index (κ2) is 10.3. The number of rotatable bonds is 8. The highest BCUT2D eigenvalue weighted by molar-refractivity contribution is 5.97.